The summed E-state index contributed by atoms with van der Waals surface area (Å²) in [6.07, 6.45) is 0.277. The van der Waals surface area contributed by atoms with Crippen molar-refractivity contribution < 1.29 is 4.74 Å². The van der Waals surface area contributed by atoms with Gasteiger partial charge in [-0.15, -0.1) is 11.3 Å². The van der Waals surface area contributed by atoms with Crippen molar-refractivity contribution in [2.45, 2.75) is 33.1 Å². The van der Waals surface area contributed by atoms with Crippen LogP contribution in [0.3, 0.4) is 0 Å². The lowest BCUT2D eigenvalue weighted by Gasteiger charge is -2.04. The van der Waals surface area contributed by atoms with Crippen LogP contribution in [-0.2, 0) is 17.9 Å². The molecule has 2 rings (SSSR count). The van der Waals surface area contributed by atoms with Crippen molar-refractivity contribution in [2.24, 2.45) is 5.73 Å². The Kier molecular flexibility index (Phi) is 3.59. The van der Waals surface area contributed by atoms with E-state index in [2.05, 4.69) is 38.1 Å². The fourth-order valence-corrected chi connectivity index (χ4v) is 2.70. The van der Waals surface area contributed by atoms with Crippen LogP contribution in [0.25, 0.3) is 10.1 Å². The molecule has 0 spiro atoms. The van der Waals surface area contributed by atoms with E-state index in [-0.39, 0.29) is 6.10 Å². The third kappa shape index (κ3) is 2.43. The highest BCUT2D eigenvalue weighted by molar-refractivity contribution is 7.19. The second-order valence-electron chi connectivity index (χ2n) is 4.11. The molecular weight excluding hydrogens is 218 g/mol. The van der Waals surface area contributed by atoms with Crippen molar-refractivity contribution in [3.05, 3.63) is 34.7 Å². The number of fused-ring (bicyclic) bond motifs is 1. The molecule has 16 heavy (non-hydrogen) atoms. The van der Waals surface area contributed by atoms with Gasteiger partial charge in [0.1, 0.15) is 0 Å². The molecule has 0 atom stereocenters. The minimum absolute atomic E-state index is 0.277. The van der Waals surface area contributed by atoms with E-state index in [0.29, 0.717) is 13.2 Å². The molecule has 1 heterocycles. The first kappa shape index (κ1) is 11.6. The maximum absolute atomic E-state index is 5.72. The second kappa shape index (κ2) is 4.95. The molecule has 0 amide bonds. The summed E-state index contributed by atoms with van der Waals surface area (Å²) < 4.78 is 6.91. The highest BCUT2D eigenvalue weighted by atomic mass is 32.1. The lowest BCUT2D eigenvalue weighted by molar-refractivity contribution is 0.0675. The Labute approximate surface area is 100 Å². The summed E-state index contributed by atoms with van der Waals surface area (Å²) >= 11 is 1.79. The molecule has 86 valence electrons. The molecule has 2 aromatic rings. The lowest BCUT2D eigenvalue weighted by Crippen LogP contribution is -2.00. The van der Waals surface area contributed by atoms with Gasteiger partial charge in [-0.3, -0.25) is 0 Å². The molecule has 0 saturated carbocycles. The molecular formula is C13H17NOS. The Morgan fingerprint density at radius 3 is 2.88 bits per heavy atom. The van der Waals surface area contributed by atoms with E-state index in [1.165, 1.54) is 20.5 Å². The first-order valence-electron chi connectivity index (χ1n) is 5.52. The van der Waals surface area contributed by atoms with Crippen LogP contribution in [0.2, 0.25) is 0 Å². The maximum Gasteiger partial charge on any atom is 0.0813 e. The van der Waals surface area contributed by atoms with Gasteiger partial charge < -0.3 is 10.5 Å². The SMILES string of the molecule is CC(C)OCc1cc2c(CN)cccc2s1. The Morgan fingerprint density at radius 1 is 1.38 bits per heavy atom. The van der Waals surface area contributed by atoms with E-state index < -0.39 is 0 Å². The second-order valence-corrected chi connectivity index (χ2v) is 5.27. The van der Waals surface area contributed by atoms with E-state index in [9.17, 15) is 0 Å². The third-order valence-electron chi connectivity index (χ3n) is 2.48. The van der Waals surface area contributed by atoms with Crippen LogP contribution in [0.1, 0.15) is 24.3 Å². The van der Waals surface area contributed by atoms with E-state index in [0.717, 1.165) is 0 Å². The molecule has 0 fully saturated rings. The average molecular weight is 235 g/mol. The minimum atomic E-state index is 0.277. The van der Waals surface area contributed by atoms with Crippen LogP contribution in [0, 0.1) is 0 Å². The number of rotatable bonds is 4. The van der Waals surface area contributed by atoms with Gasteiger partial charge in [0.25, 0.3) is 0 Å². The Bertz CT molecular complexity index is 476. The maximum atomic E-state index is 5.72. The number of ether oxygens (including phenoxy) is 1. The summed E-state index contributed by atoms with van der Waals surface area (Å²) in [6, 6.07) is 8.48. The highest BCUT2D eigenvalue weighted by Crippen LogP contribution is 2.28. The van der Waals surface area contributed by atoms with Gasteiger partial charge >= 0.3 is 0 Å². The van der Waals surface area contributed by atoms with Crippen LogP contribution in [0.15, 0.2) is 24.3 Å². The van der Waals surface area contributed by atoms with Crippen LogP contribution in [0.4, 0.5) is 0 Å². The number of nitrogens with two attached hydrogens (primary N) is 1. The zero-order chi connectivity index (χ0) is 11.5. The first-order valence-corrected chi connectivity index (χ1v) is 6.34. The van der Waals surface area contributed by atoms with E-state index in [1.54, 1.807) is 11.3 Å². The summed E-state index contributed by atoms with van der Waals surface area (Å²) in [5.41, 5.74) is 6.93. The molecule has 2 nitrogen and oxygen atoms in total. The van der Waals surface area contributed by atoms with Gasteiger partial charge in [0.05, 0.1) is 12.7 Å². The first-order chi connectivity index (χ1) is 7.70. The van der Waals surface area contributed by atoms with Gasteiger partial charge in [0, 0.05) is 16.1 Å². The molecule has 0 aliphatic heterocycles. The summed E-state index contributed by atoms with van der Waals surface area (Å²) in [4.78, 5) is 1.27. The summed E-state index contributed by atoms with van der Waals surface area (Å²) in [5, 5.41) is 1.28. The molecule has 0 unspecified atom stereocenters. The van der Waals surface area contributed by atoms with Crippen LogP contribution in [0.5, 0.6) is 0 Å². The van der Waals surface area contributed by atoms with Crippen molar-refractivity contribution in [1.82, 2.24) is 0 Å². The minimum Gasteiger partial charge on any atom is -0.373 e. The summed E-state index contributed by atoms with van der Waals surface area (Å²) in [5.74, 6) is 0. The highest BCUT2D eigenvalue weighted by Gasteiger charge is 2.05. The van der Waals surface area contributed by atoms with Gasteiger partial charge in [-0.2, -0.15) is 0 Å². The lowest BCUT2D eigenvalue weighted by atomic mass is 10.1. The molecule has 0 saturated heterocycles. The van der Waals surface area contributed by atoms with Gasteiger partial charge in [0.15, 0.2) is 0 Å². The molecule has 0 aliphatic rings. The monoisotopic (exact) mass is 235 g/mol. The third-order valence-corrected chi connectivity index (χ3v) is 3.56. The van der Waals surface area contributed by atoms with Gasteiger partial charge in [-0.1, -0.05) is 12.1 Å². The fourth-order valence-electron chi connectivity index (χ4n) is 1.67. The Morgan fingerprint density at radius 2 is 2.19 bits per heavy atom. The predicted molar refractivity (Wildman–Crippen MR) is 69.6 cm³/mol. The number of hydrogen-bond acceptors (Lipinski definition) is 3. The molecule has 0 radical (unpaired) electrons. The van der Waals surface area contributed by atoms with E-state index in [4.69, 9.17) is 10.5 Å². The van der Waals surface area contributed by atoms with Crippen molar-refractivity contribution in [3.63, 3.8) is 0 Å². The van der Waals surface area contributed by atoms with Crippen molar-refractivity contribution >= 4 is 21.4 Å². The van der Waals surface area contributed by atoms with Gasteiger partial charge in [-0.05, 0) is 36.9 Å². The smallest absolute Gasteiger partial charge is 0.0813 e. The summed E-state index contributed by atoms with van der Waals surface area (Å²) in [6.45, 7) is 5.40. The van der Waals surface area contributed by atoms with Crippen molar-refractivity contribution in [3.8, 4) is 0 Å². The molecule has 1 aromatic heterocycles. The molecule has 0 bridgehead atoms. The zero-order valence-electron chi connectivity index (χ0n) is 9.69. The fraction of sp³-hybridized carbons (Fsp3) is 0.385. The number of benzene rings is 1. The number of thiophene rings is 1. The average Bonchev–Trinajstić information content (AvgIpc) is 2.68. The predicted octanol–water partition coefficient (Wildman–Crippen LogP) is 3.29. The molecule has 0 aliphatic carbocycles. The van der Waals surface area contributed by atoms with E-state index in [1.807, 2.05) is 0 Å². The largest absolute Gasteiger partial charge is 0.373 e. The van der Waals surface area contributed by atoms with Crippen LogP contribution in [-0.4, -0.2) is 6.10 Å². The van der Waals surface area contributed by atoms with Crippen LogP contribution >= 0.6 is 11.3 Å². The van der Waals surface area contributed by atoms with Crippen molar-refractivity contribution in [1.29, 1.82) is 0 Å². The molecule has 3 heteroatoms. The zero-order valence-corrected chi connectivity index (χ0v) is 10.5. The van der Waals surface area contributed by atoms with E-state index >= 15 is 0 Å². The van der Waals surface area contributed by atoms with Gasteiger partial charge in [-0.25, -0.2) is 0 Å². The normalized spacial score (nSPS) is 11.5. The van der Waals surface area contributed by atoms with Gasteiger partial charge in [0.2, 0.25) is 0 Å². The topological polar surface area (TPSA) is 35.2 Å². The Hall–Kier alpha value is -0.900. The van der Waals surface area contributed by atoms with Crippen molar-refractivity contribution in [2.75, 3.05) is 0 Å². The standard InChI is InChI=1S/C13H17NOS/c1-9(2)15-8-11-6-12-10(7-14)4-3-5-13(12)16-11/h3-6,9H,7-8,14H2,1-2H3. The number of hydrogen-bond donors (Lipinski definition) is 1. The summed E-state index contributed by atoms with van der Waals surface area (Å²) in [7, 11) is 0. The molecule has 2 N–H and O–H groups in total. The Balaban J connectivity index is 2.29. The molecule has 1 aromatic carbocycles. The quantitative estimate of drug-likeness (QED) is 0.882. The van der Waals surface area contributed by atoms with Crippen LogP contribution < -0.4 is 5.73 Å².